The third-order valence-electron chi connectivity index (χ3n) is 8.25. The molecule has 3 aromatic rings. The highest BCUT2D eigenvalue weighted by Gasteiger charge is 2.39. The molecule has 1 aromatic carbocycles. The molecular formula is C29H33ClF2N6O2. The fourth-order valence-electron chi connectivity index (χ4n) is 5.96. The molecule has 1 amide bonds. The van der Waals surface area contributed by atoms with E-state index in [2.05, 4.69) is 26.4 Å². The van der Waals surface area contributed by atoms with Crippen LogP contribution in [0.15, 0.2) is 24.3 Å². The molecule has 0 spiro atoms. The first kappa shape index (κ1) is 27.0. The number of nitrogens with zero attached hydrogens (tertiary/aromatic N) is 6. The average Bonchev–Trinajstić information content (AvgIpc) is 3.34. The number of pyridine rings is 1. The highest BCUT2D eigenvalue weighted by Crippen LogP contribution is 2.39. The highest BCUT2D eigenvalue weighted by molar-refractivity contribution is 6.31. The van der Waals surface area contributed by atoms with Crippen LogP contribution in [0.3, 0.4) is 0 Å². The molecule has 0 N–H and O–H groups in total. The smallest absolute Gasteiger partial charge is 0.261 e. The minimum atomic E-state index is -0.935. The molecule has 3 aliphatic rings. The minimum Gasteiger partial charge on any atom is -0.481 e. The number of imidazole rings is 1. The molecule has 3 aliphatic heterocycles. The fourth-order valence-corrected chi connectivity index (χ4v) is 6.17. The average molecular weight is 571 g/mol. The second-order valence-electron chi connectivity index (χ2n) is 10.8. The van der Waals surface area contributed by atoms with Crippen LogP contribution in [-0.2, 0) is 24.2 Å². The molecular weight excluding hydrogens is 538 g/mol. The number of ether oxygens (including phenoxy) is 1. The normalized spacial score (nSPS) is 19.4. The van der Waals surface area contributed by atoms with Crippen molar-refractivity contribution < 1.29 is 18.3 Å². The number of fused-ring (bicyclic) bond motifs is 3. The van der Waals surface area contributed by atoms with Crippen LogP contribution >= 0.6 is 11.6 Å². The van der Waals surface area contributed by atoms with Crippen molar-refractivity contribution in [3.63, 3.8) is 0 Å². The zero-order valence-electron chi connectivity index (χ0n) is 22.8. The van der Waals surface area contributed by atoms with Gasteiger partial charge in [0, 0.05) is 57.7 Å². The summed E-state index contributed by atoms with van der Waals surface area (Å²) in [6.07, 6.45) is 3.37. The van der Waals surface area contributed by atoms with E-state index >= 15 is 4.39 Å². The number of carbonyl (C=O) groups is 1. The summed E-state index contributed by atoms with van der Waals surface area (Å²) in [4.78, 5) is 29.0. The van der Waals surface area contributed by atoms with Crippen molar-refractivity contribution >= 4 is 23.3 Å². The molecule has 8 nitrogen and oxygen atoms in total. The fraction of sp³-hybridized carbons (Fsp3) is 0.483. The summed E-state index contributed by atoms with van der Waals surface area (Å²) in [5, 5.41) is 0.179. The predicted molar refractivity (Wildman–Crippen MR) is 148 cm³/mol. The first-order chi connectivity index (χ1) is 19.3. The van der Waals surface area contributed by atoms with Gasteiger partial charge in [-0.25, -0.2) is 18.7 Å². The molecule has 0 saturated carbocycles. The van der Waals surface area contributed by atoms with Crippen molar-refractivity contribution in [1.82, 2.24) is 24.3 Å². The maximum Gasteiger partial charge on any atom is 0.261 e. The second-order valence-corrected chi connectivity index (χ2v) is 11.2. The first-order valence-corrected chi connectivity index (χ1v) is 14.2. The Morgan fingerprint density at radius 3 is 2.58 bits per heavy atom. The quantitative estimate of drug-likeness (QED) is 0.429. The zero-order chi connectivity index (χ0) is 28.0. The van der Waals surface area contributed by atoms with Crippen molar-refractivity contribution in [3.8, 4) is 5.75 Å². The van der Waals surface area contributed by atoms with Crippen LogP contribution in [0.4, 0.5) is 14.6 Å². The van der Waals surface area contributed by atoms with Crippen molar-refractivity contribution in [1.29, 1.82) is 0 Å². The number of anilines is 1. The number of aryl methyl sites for hydroxylation is 2. The van der Waals surface area contributed by atoms with E-state index in [1.807, 2.05) is 6.07 Å². The first-order valence-electron chi connectivity index (χ1n) is 13.9. The third-order valence-corrected chi connectivity index (χ3v) is 8.52. The van der Waals surface area contributed by atoms with Crippen LogP contribution in [0.25, 0.3) is 0 Å². The summed E-state index contributed by atoms with van der Waals surface area (Å²) in [5.74, 6) is -0.168. The summed E-state index contributed by atoms with van der Waals surface area (Å²) in [7, 11) is 2.09. The zero-order valence-corrected chi connectivity index (χ0v) is 23.6. The Bertz CT molecular complexity index is 1440. The van der Waals surface area contributed by atoms with Gasteiger partial charge in [-0.15, -0.1) is 0 Å². The summed E-state index contributed by atoms with van der Waals surface area (Å²) in [6, 6.07) is 5.90. The molecule has 1 saturated heterocycles. The molecule has 1 unspecified atom stereocenters. The number of benzene rings is 1. The molecule has 0 aliphatic carbocycles. The lowest BCUT2D eigenvalue weighted by atomic mass is 9.93. The molecule has 1 atom stereocenters. The predicted octanol–water partition coefficient (Wildman–Crippen LogP) is 4.16. The van der Waals surface area contributed by atoms with E-state index in [1.165, 1.54) is 6.92 Å². The topological polar surface area (TPSA) is 66.7 Å². The molecule has 6 rings (SSSR count). The van der Waals surface area contributed by atoms with Crippen LogP contribution in [0, 0.1) is 18.6 Å². The van der Waals surface area contributed by atoms with Gasteiger partial charge in [0.05, 0.1) is 11.4 Å². The number of hydrogen-bond acceptors (Lipinski definition) is 6. The molecule has 2 aromatic heterocycles. The lowest BCUT2D eigenvalue weighted by molar-refractivity contribution is -0.135. The minimum absolute atomic E-state index is 0.127. The van der Waals surface area contributed by atoms with Gasteiger partial charge in [0.15, 0.2) is 29.1 Å². The third kappa shape index (κ3) is 4.92. The summed E-state index contributed by atoms with van der Waals surface area (Å²) < 4.78 is 38.1. The van der Waals surface area contributed by atoms with E-state index in [0.29, 0.717) is 18.7 Å². The standard InChI is InChI=1S/C29H33ClF2N6O2/c1-18-6-7-19(26(32)25(18)31)27-28-20(33-23-5-3-4-11-37(23)28)10-12-38(27)24(39)17-40-21-8-9-22(34-29(21)30)36-15-13-35(2)14-16-36/h6-9,27H,3-5,10-17H2,1-2H3. The number of amides is 1. The number of piperazine rings is 1. The van der Waals surface area contributed by atoms with Gasteiger partial charge in [0.2, 0.25) is 0 Å². The summed E-state index contributed by atoms with van der Waals surface area (Å²) in [6.45, 7) is 5.86. The van der Waals surface area contributed by atoms with Crippen LogP contribution in [0.5, 0.6) is 5.75 Å². The highest BCUT2D eigenvalue weighted by atomic mass is 35.5. The Morgan fingerprint density at radius 1 is 1.00 bits per heavy atom. The molecule has 212 valence electrons. The van der Waals surface area contributed by atoms with E-state index in [9.17, 15) is 9.18 Å². The van der Waals surface area contributed by atoms with Gasteiger partial charge in [-0.3, -0.25) is 4.79 Å². The maximum atomic E-state index is 15.4. The van der Waals surface area contributed by atoms with Crippen molar-refractivity contribution in [3.05, 3.63) is 69.4 Å². The monoisotopic (exact) mass is 570 g/mol. The van der Waals surface area contributed by atoms with Crippen molar-refractivity contribution in [2.45, 2.75) is 45.2 Å². The van der Waals surface area contributed by atoms with Crippen LogP contribution in [-0.4, -0.2) is 76.6 Å². The SMILES string of the molecule is Cc1ccc(C2c3c(nc4n3CCCC4)CCN2C(=O)COc2ccc(N3CCN(C)CC3)nc2Cl)c(F)c1F. The number of likely N-dealkylation sites (N-methyl/N-ethyl adjacent to an activating group) is 1. The molecule has 40 heavy (non-hydrogen) atoms. The Hall–Kier alpha value is -3.24. The molecule has 5 heterocycles. The largest absolute Gasteiger partial charge is 0.481 e. The van der Waals surface area contributed by atoms with Gasteiger partial charge < -0.3 is 24.0 Å². The van der Waals surface area contributed by atoms with E-state index in [4.69, 9.17) is 21.3 Å². The van der Waals surface area contributed by atoms with Gasteiger partial charge in [-0.2, -0.15) is 0 Å². The van der Waals surface area contributed by atoms with Gasteiger partial charge in [0.25, 0.3) is 5.91 Å². The number of halogens is 3. The van der Waals surface area contributed by atoms with Gasteiger partial charge >= 0.3 is 0 Å². The van der Waals surface area contributed by atoms with E-state index in [0.717, 1.165) is 75.0 Å². The number of hydrogen-bond donors (Lipinski definition) is 0. The van der Waals surface area contributed by atoms with Crippen molar-refractivity contribution in [2.75, 3.05) is 51.3 Å². The van der Waals surface area contributed by atoms with Crippen LogP contribution in [0.1, 0.15) is 47.2 Å². The van der Waals surface area contributed by atoms with E-state index in [1.54, 1.807) is 23.1 Å². The lowest BCUT2D eigenvalue weighted by Crippen LogP contribution is -2.44. The van der Waals surface area contributed by atoms with Gasteiger partial charge in [-0.05, 0) is 44.5 Å². The second kappa shape index (κ2) is 11.0. The van der Waals surface area contributed by atoms with E-state index in [-0.39, 0.29) is 28.8 Å². The Labute approximate surface area is 237 Å². The lowest BCUT2D eigenvalue weighted by Gasteiger charge is -2.37. The Kier molecular flexibility index (Phi) is 7.39. The summed E-state index contributed by atoms with van der Waals surface area (Å²) >= 11 is 6.45. The van der Waals surface area contributed by atoms with Crippen molar-refractivity contribution in [2.24, 2.45) is 0 Å². The van der Waals surface area contributed by atoms with Gasteiger partial charge in [-0.1, -0.05) is 23.7 Å². The Morgan fingerprint density at radius 2 is 1.80 bits per heavy atom. The number of aromatic nitrogens is 3. The van der Waals surface area contributed by atoms with Crippen LogP contribution in [0.2, 0.25) is 5.15 Å². The Balaban J connectivity index is 1.26. The van der Waals surface area contributed by atoms with Crippen LogP contribution < -0.4 is 9.64 Å². The number of rotatable bonds is 5. The molecule has 0 bridgehead atoms. The maximum absolute atomic E-state index is 15.4. The van der Waals surface area contributed by atoms with E-state index < -0.39 is 17.7 Å². The molecule has 11 heteroatoms. The number of carbonyl (C=O) groups excluding carboxylic acids is 1. The van der Waals surface area contributed by atoms with Gasteiger partial charge in [0.1, 0.15) is 17.7 Å². The summed E-state index contributed by atoms with van der Waals surface area (Å²) in [5.41, 5.74) is 1.96. The molecule has 1 fully saturated rings. The molecule has 0 radical (unpaired) electrons.